The summed E-state index contributed by atoms with van der Waals surface area (Å²) in [5.41, 5.74) is 5.43. The molecule has 0 radical (unpaired) electrons. The summed E-state index contributed by atoms with van der Waals surface area (Å²) in [5, 5.41) is 4.16. The Morgan fingerprint density at radius 2 is 1.72 bits per heavy atom. The third-order valence-electron chi connectivity index (χ3n) is 4.63. The molecule has 25 heavy (non-hydrogen) atoms. The van der Waals surface area contributed by atoms with Crippen molar-refractivity contribution < 1.29 is 4.79 Å². The average Bonchev–Trinajstić information content (AvgIpc) is 2.63. The Hall–Kier alpha value is -2.68. The van der Waals surface area contributed by atoms with Gasteiger partial charge in [0.05, 0.1) is 11.9 Å². The summed E-state index contributed by atoms with van der Waals surface area (Å²) in [6.45, 7) is 4.76. The lowest BCUT2D eigenvalue weighted by Crippen LogP contribution is -2.27. The second-order valence-electron chi connectivity index (χ2n) is 6.43. The smallest absolute Gasteiger partial charge is 0.224 e. The number of amides is 1. The zero-order valence-corrected chi connectivity index (χ0v) is 14.9. The largest absolute Gasteiger partial charge is 0.356 e. The van der Waals surface area contributed by atoms with Crippen LogP contribution in [0.3, 0.4) is 0 Å². The quantitative estimate of drug-likeness (QED) is 0.689. The number of hydrogen-bond acceptors (Lipinski definition) is 2. The van der Waals surface area contributed by atoms with Crippen LogP contribution in [0.4, 0.5) is 0 Å². The first kappa shape index (κ1) is 17.2. The zero-order valence-electron chi connectivity index (χ0n) is 14.9. The third-order valence-corrected chi connectivity index (χ3v) is 4.63. The molecule has 3 rings (SSSR count). The number of carbonyl (C=O) groups is 1. The van der Waals surface area contributed by atoms with E-state index in [2.05, 4.69) is 35.4 Å². The summed E-state index contributed by atoms with van der Waals surface area (Å²) in [4.78, 5) is 17.0. The molecule has 3 heteroatoms. The van der Waals surface area contributed by atoms with Crippen LogP contribution < -0.4 is 5.32 Å². The maximum absolute atomic E-state index is 12.3. The van der Waals surface area contributed by atoms with Crippen molar-refractivity contribution in [3.8, 4) is 0 Å². The highest BCUT2D eigenvalue weighted by Crippen LogP contribution is 2.22. The predicted molar refractivity (Wildman–Crippen MR) is 103 cm³/mol. The van der Waals surface area contributed by atoms with Gasteiger partial charge < -0.3 is 5.32 Å². The summed E-state index contributed by atoms with van der Waals surface area (Å²) in [6.07, 6.45) is 2.32. The van der Waals surface area contributed by atoms with Crippen LogP contribution in [0.5, 0.6) is 0 Å². The van der Waals surface area contributed by atoms with E-state index in [0.717, 1.165) is 40.6 Å². The van der Waals surface area contributed by atoms with Crippen LogP contribution in [0.25, 0.3) is 10.9 Å². The zero-order chi connectivity index (χ0) is 17.6. The van der Waals surface area contributed by atoms with Gasteiger partial charge in [0.25, 0.3) is 0 Å². The van der Waals surface area contributed by atoms with Crippen molar-refractivity contribution in [3.05, 3.63) is 77.0 Å². The Bertz CT molecular complexity index is 872. The Labute approximate surface area is 149 Å². The number of rotatable bonds is 6. The highest BCUT2D eigenvalue weighted by atomic mass is 16.1. The van der Waals surface area contributed by atoms with E-state index in [1.165, 1.54) is 5.56 Å². The number of hydrogen-bond donors (Lipinski definition) is 1. The van der Waals surface area contributed by atoms with Crippen molar-refractivity contribution in [2.45, 2.75) is 33.1 Å². The molecular weight excluding hydrogens is 308 g/mol. The van der Waals surface area contributed by atoms with E-state index in [0.29, 0.717) is 13.0 Å². The van der Waals surface area contributed by atoms with E-state index in [9.17, 15) is 4.79 Å². The number of aryl methyl sites for hydroxylation is 3. The van der Waals surface area contributed by atoms with Gasteiger partial charge in [0.2, 0.25) is 5.91 Å². The molecule has 0 fully saturated rings. The van der Waals surface area contributed by atoms with Crippen LogP contribution in [0, 0.1) is 13.8 Å². The summed E-state index contributed by atoms with van der Waals surface area (Å²) in [5.74, 6) is 0.0661. The fraction of sp³-hybridized carbons (Fsp3) is 0.273. The normalized spacial score (nSPS) is 10.8. The Morgan fingerprint density at radius 1 is 1.00 bits per heavy atom. The van der Waals surface area contributed by atoms with Crippen molar-refractivity contribution in [1.82, 2.24) is 10.3 Å². The molecule has 1 heterocycles. The summed E-state index contributed by atoms with van der Waals surface area (Å²) >= 11 is 0. The predicted octanol–water partition coefficient (Wildman–Crippen LogP) is 4.14. The number of aromatic nitrogens is 1. The maximum atomic E-state index is 12.3. The molecule has 0 aliphatic heterocycles. The van der Waals surface area contributed by atoms with Crippen molar-refractivity contribution in [3.63, 3.8) is 0 Å². The Morgan fingerprint density at radius 3 is 2.52 bits per heavy atom. The molecule has 1 amide bonds. The highest BCUT2D eigenvalue weighted by Gasteiger charge is 2.12. The van der Waals surface area contributed by atoms with E-state index in [1.807, 2.05) is 43.3 Å². The molecule has 0 bridgehead atoms. The molecule has 3 aromatic rings. The number of nitrogens with one attached hydrogen (secondary N) is 1. The molecular formula is C22H24N2O. The second-order valence-corrected chi connectivity index (χ2v) is 6.43. The SMILES string of the molecule is Cc1nc2ccccc2c(C)c1CC(=O)NCCCc1ccccc1. The first-order valence-electron chi connectivity index (χ1n) is 8.80. The van der Waals surface area contributed by atoms with Crippen LogP contribution in [0.2, 0.25) is 0 Å². The van der Waals surface area contributed by atoms with Gasteiger partial charge in [-0.25, -0.2) is 0 Å². The third kappa shape index (κ3) is 4.24. The van der Waals surface area contributed by atoms with Gasteiger partial charge in [0.15, 0.2) is 0 Å². The molecule has 1 aromatic heterocycles. The molecule has 0 aliphatic rings. The fourth-order valence-electron chi connectivity index (χ4n) is 3.22. The number of benzene rings is 2. The van der Waals surface area contributed by atoms with Crippen LogP contribution in [-0.2, 0) is 17.6 Å². The first-order valence-corrected chi connectivity index (χ1v) is 8.80. The summed E-state index contributed by atoms with van der Waals surface area (Å²) in [6, 6.07) is 18.4. The van der Waals surface area contributed by atoms with Crippen molar-refractivity contribution in [1.29, 1.82) is 0 Å². The van der Waals surface area contributed by atoms with Crippen molar-refractivity contribution >= 4 is 16.8 Å². The Balaban J connectivity index is 1.58. The minimum atomic E-state index is 0.0661. The van der Waals surface area contributed by atoms with E-state index in [4.69, 9.17) is 0 Å². The summed E-state index contributed by atoms with van der Waals surface area (Å²) in [7, 11) is 0. The van der Waals surface area contributed by atoms with Crippen molar-refractivity contribution in [2.24, 2.45) is 0 Å². The molecule has 1 N–H and O–H groups in total. The van der Waals surface area contributed by atoms with Crippen LogP contribution >= 0.6 is 0 Å². The molecule has 0 unspecified atom stereocenters. The molecule has 0 spiro atoms. The molecule has 0 aliphatic carbocycles. The fourth-order valence-corrected chi connectivity index (χ4v) is 3.22. The minimum Gasteiger partial charge on any atom is -0.356 e. The number of nitrogens with zero attached hydrogens (tertiary/aromatic N) is 1. The van der Waals surface area contributed by atoms with E-state index in [1.54, 1.807) is 0 Å². The lowest BCUT2D eigenvalue weighted by atomic mass is 9.99. The topological polar surface area (TPSA) is 42.0 Å². The van der Waals surface area contributed by atoms with Gasteiger partial charge in [-0.3, -0.25) is 9.78 Å². The Kier molecular flexibility index (Phi) is 5.44. The minimum absolute atomic E-state index is 0.0661. The molecule has 0 atom stereocenters. The number of para-hydroxylation sites is 1. The van der Waals surface area contributed by atoms with Crippen molar-refractivity contribution in [2.75, 3.05) is 6.54 Å². The van der Waals surface area contributed by atoms with Crippen LogP contribution in [-0.4, -0.2) is 17.4 Å². The number of fused-ring (bicyclic) bond motifs is 1. The number of carbonyl (C=O) groups excluding carboxylic acids is 1. The van der Waals surface area contributed by atoms with Gasteiger partial charge in [0.1, 0.15) is 0 Å². The van der Waals surface area contributed by atoms with E-state index >= 15 is 0 Å². The van der Waals surface area contributed by atoms with Crippen LogP contribution in [0.15, 0.2) is 54.6 Å². The molecule has 2 aromatic carbocycles. The second kappa shape index (κ2) is 7.93. The van der Waals surface area contributed by atoms with E-state index < -0.39 is 0 Å². The number of pyridine rings is 1. The maximum Gasteiger partial charge on any atom is 0.224 e. The lowest BCUT2D eigenvalue weighted by Gasteiger charge is -2.12. The van der Waals surface area contributed by atoms with Gasteiger partial charge in [-0.1, -0.05) is 48.5 Å². The average molecular weight is 332 g/mol. The highest BCUT2D eigenvalue weighted by molar-refractivity contribution is 5.86. The first-order chi connectivity index (χ1) is 12.1. The molecule has 0 saturated heterocycles. The lowest BCUT2D eigenvalue weighted by molar-refractivity contribution is -0.120. The molecule has 3 nitrogen and oxygen atoms in total. The van der Waals surface area contributed by atoms with Gasteiger partial charge in [-0.2, -0.15) is 0 Å². The van der Waals surface area contributed by atoms with Gasteiger partial charge in [0, 0.05) is 17.6 Å². The van der Waals surface area contributed by atoms with E-state index in [-0.39, 0.29) is 5.91 Å². The van der Waals surface area contributed by atoms with Crippen LogP contribution in [0.1, 0.15) is 28.8 Å². The standard InChI is InChI=1S/C22H24N2O/c1-16-19-12-6-7-13-21(19)24-17(2)20(16)15-22(25)23-14-8-11-18-9-4-3-5-10-18/h3-7,9-10,12-13H,8,11,14-15H2,1-2H3,(H,23,25). The summed E-state index contributed by atoms with van der Waals surface area (Å²) < 4.78 is 0. The molecule has 0 saturated carbocycles. The van der Waals surface area contributed by atoms with Gasteiger partial charge in [-0.15, -0.1) is 0 Å². The monoisotopic (exact) mass is 332 g/mol. The van der Waals surface area contributed by atoms with Gasteiger partial charge >= 0.3 is 0 Å². The van der Waals surface area contributed by atoms with Gasteiger partial charge in [-0.05, 0) is 49.4 Å². The molecule has 128 valence electrons.